The topological polar surface area (TPSA) is 87.8 Å². The van der Waals surface area contributed by atoms with Crippen molar-refractivity contribution < 1.29 is 14.6 Å². The molecule has 6 heteroatoms. The quantitative estimate of drug-likeness (QED) is 0.331. The van der Waals surface area contributed by atoms with Crippen molar-refractivity contribution in [3.8, 4) is 5.75 Å². The largest absolute Gasteiger partial charge is 0.489 e. The van der Waals surface area contributed by atoms with Gasteiger partial charge in [-0.3, -0.25) is 9.69 Å². The summed E-state index contributed by atoms with van der Waals surface area (Å²) in [5.41, 5.74) is 14.4. The van der Waals surface area contributed by atoms with Gasteiger partial charge in [0.25, 0.3) is 0 Å². The van der Waals surface area contributed by atoms with Gasteiger partial charge in [0.05, 0.1) is 17.3 Å². The Morgan fingerprint density at radius 2 is 1.95 bits per heavy atom. The fraction of sp³-hybridized carbons (Fsp3) is 0.387. The van der Waals surface area contributed by atoms with Gasteiger partial charge in [0.1, 0.15) is 11.9 Å². The highest BCUT2D eigenvalue weighted by atomic mass is 16.5. The number of carboxylic acid groups (broad SMARTS) is 1. The van der Waals surface area contributed by atoms with Crippen LogP contribution in [0, 0.1) is 19.8 Å². The maximum absolute atomic E-state index is 12.2. The normalized spacial score (nSPS) is 17.3. The molecule has 3 aromatic rings. The number of nitrogen functional groups attached to an aromatic ring is 1. The number of aryl methyl sites for hydroxylation is 1. The number of hydrogen-bond donors (Lipinski definition) is 3. The average molecular weight is 502 g/mol. The standard InChI is InChI=1S/C31H39N3O3/c1-6-25-18-34(16-23-9-7-8-10-28(23)37-25)17-24-15-22(12-11-19(24)2)29(21(4)31(35)36)26-13-14-27(33-5)30(32)20(26)3/h7-15,21,25,29,33H,6,16-18,32H2,1-5H3,(H,35,36)/t21?,25-,29?/m1/s1. The number of anilines is 2. The molecule has 37 heavy (non-hydrogen) atoms. The lowest BCUT2D eigenvalue weighted by Gasteiger charge is -2.28. The second kappa shape index (κ2) is 11.3. The van der Waals surface area contributed by atoms with E-state index in [9.17, 15) is 9.90 Å². The van der Waals surface area contributed by atoms with E-state index in [-0.39, 0.29) is 12.0 Å². The lowest BCUT2D eigenvalue weighted by molar-refractivity contribution is -0.141. The molecule has 0 aromatic heterocycles. The van der Waals surface area contributed by atoms with Crippen LogP contribution >= 0.6 is 0 Å². The zero-order chi connectivity index (χ0) is 26.7. The van der Waals surface area contributed by atoms with Crippen molar-refractivity contribution in [3.63, 3.8) is 0 Å². The Bertz CT molecular complexity index is 1270. The third-order valence-electron chi connectivity index (χ3n) is 7.75. The van der Waals surface area contributed by atoms with E-state index < -0.39 is 11.9 Å². The summed E-state index contributed by atoms with van der Waals surface area (Å²) in [6, 6.07) is 18.6. The predicted molar refractivity (Wildman–Crippen MR) is 150 cm³/mol. The molecule has 1 aliphatic rings. The minimum atomic E-state index is -0.824. The summed E-state index contributed by atoms with van der Waals surface area (Å²) in [6.45, 7) is 10.5. The van der Waals surface area contributed by atoms with Gasteiger partial charge in [-0.15, -0.1) is 0 Å². The number of nitrogens with zero attached hydrogens (tertiary/aromatic N) is 1. The molecule has 0 saturated carbocycles. The molecule has 4 rings (SSSR count). The Morgan fingerprint density at radius 1 is 1.19 bits per heavy atom. The zero-order valence-corrected chi connectivity index (χ0v) is 22.5. The molecule has 0 saturated heterocycles. The third-order valence-corrected chi connectivity index (χ3v) is 7.75. The van der Waals surface area contributed by atoms with Crippen molar-refractivity contribution in [2.24, 2.45) is 5.92 Å². The van der Waals surface area contributed by atoms with Crippen LogP contribution in [-0.2, 0) is 17.9 Å². The molecule has 2 unspecified atom stereocenters. The second-order valence-corrected chi connectivity index (χ2v) is 10.2. The van der Waals surface area contributed by atoms with Crippen LogP contribution in [0.5, 0.6) is 5.75 Å². The molecule has 0 radical (unpaired) electrons. The van der Waals surface area contributed by atoms with Crippen molar-refractivity contribution in [1.29, 1.82) is 0 Å². The Hall–Kier alpha value is -3.51. The first-order valence-electron chi connectivity index (χ1n) is 13.1. The maximum atomic E-state index is 12.2. The summed E-state index contributed by atoms with van der Waals surface area (Å²) >= 11 is 0. The van der Waals surface area contributed by atoms with Gasteiger partial charge >= 0.3 is 5.97 Å². The molecular weight excluding hydrogens is 462 g/mol. The first-order valence-corrected chi connectivity index (χ1v) is 13.1. The Morgan fingerprint density at radius 3 is 2.65 bits per heavy atom. The number of hydrogen-bond acceptors (Lipinski definition) is 5. The van der Waals surface area contributed by atoms with Crippen LogP contribution < -0.4 is 15.8 Å². The molecule has 3 aromatic carbocycles. The van der Waals surface area contributed by atoms with Crippen LogP contribution in [0.1, 0.15) is 59.6 Å². The number of benzene rings is 3. The van der Waals surface area contributed by atoms with Crippen molar-refractivity contribution in [3.05, 3.63) is 88.0 Å². The first-order chi connectivity index (χ1) is 17.7. The molecule has 4 N–H and O–H groups in total. The molecule has 0 spiro atoms. The Kier molecular flexibility index (Phi) is 8.08. The monoisotopic (exact) mass is 501 g/mol. The molecule has 1 aliphatic heterocycles. The minimum absolute atomic E-state index is 0.128. The number of carboxylic acids is 1. The average Bonchev–Trinajstić information content (AvgIpc) is 3.07. The van der Waals surface area contributed by atoms with E-state index in [1.54, 1.807) is 6.92 Å². The van der Waals surface area contributed by atoms with E-state index in [1.165, 1.54) is 16.7 Å². The smallest absolute Gasteiger partial charge is 0.307 e. The summed E-state index contributed by atoms with van der Waals surface area (Å²) in [7, 11) is 1.84. The second-order valence-electron chi connectivity index (χ2n) is 10.2. The van der Waals surface area contributed by atoms with E-state index in [0.717, 1.165) is 54.2 Å². The van der Waals surface area contributed by atoms with Gasteiger partial charge in [-0.25, -0.2) is 0 Å². The van der Waals surface area contributed by atoms with Gasteiger partial charge in [0.2, 0.25) is 0 Å². The molecule has 0 amide bonds. The predicted octanol–water partition coefficient (Wildman–Crippen LogP) is 5.95. The minimum Gasteiger partial charge on any atom is -0.489 e. The lowest BCUT2D eigenvalue weighted by atomic mass is 9.78. The highest BCUT2D eigenvalue weighted by molar-refractivity contribution is 5.75. The van der Waals surface area contributed by atoms with Gasteiger partial charge in [0.15, 0.2) is 0 Å². The summed E-state index contributed by atoms with van der Waals surface area (Å²) < 4.78 is 6.30. The molecule has 6 nitrogen and oxygen atoms in total. The molecule has 3 atom stereocenters. The number of rotatable bonds is 8. The summed E-state index contributed by atoms with van der Waals surface area (Å²) in [6.07, 6.45) is 1.06. The van der Waals surface area contributed by atoms with Gasteiger partial charge in [-0.1, -0.05) is 56.3 Å². The van der Waals surface area contributed by atoms with Crippen molar-refractivity contribution in [2.45, 2.75) is 59.2 Å². The number of ether oxygens (including phenoxy) is 1. The first kappa shape index (κ1) is 26.6. The summed E-state index contributed by atoms with van der Waals surface area (Å²) in [4.78, 5) is 14.7. The van der Waals surface area contributed by atoms with Gasteiger partial charge < -0.3 is 20.9 Å². The zero-order valence-electron chi connectivity index (χ0n) is 22.5. The van der Waals surface area contributed by atoms with Gasteiger partial charge in [-0.05, 0) is 60.2 Å². The maximum Gasteiger partial charge on any atom is 0.307 e. The highest BCUT2D eigenvalue weighted by Gasteiger charge is 2.30. The summed E-state index contributed by atoms with van der Waals surface area (Å²) in [5, 5.41) is 13.2. The van der Waals surface area contributed by atoms with E-state index in [4.69, 9.17) is 10.5 Å². The number of nitrogens with two attached hydrogens (primary N) is 1. The number of nitrogens with one attached hydrogen (secondary N) is 1. The van der Waals surface area contributed by atoms with E-state index in [0.29, 0.717) is 5.69 Å². The fourth-order valence-corrected chi connectivity index (χ4v) is 5.37. The van der Waals surface area contributed by atoms with Crippen molar-refractivity contribution in [2.75, 3.05) is 24.6 Å². The molecule has 0 bridgehead atoms. The van der Waals surface area contributed by atoms with E-state index in [2.05, 4.69) is 60.5 Å². The number of fused-ring (bicyclic) bond motifs is 1. The number of para-hydroxylation sites is 1. The highest BCUT2D eigenvalue weighted by Crippen LogP contribution is 2.39. The molecular formula is C31H39N3O3. The third kappa shape index (κ3) is 5.59. The van der Waals surface area contributed by atoms with Crippen molar-refractivity contribution in [1.82, 2.24) is 4.90 Å². The van der Waals surface area contributed by atoms with Crippen LogP contribution in [0.3, 0.4) is 0 Å². The van der Waals surface area contributed by atoms with Crippen LogP contribution in [0.15, 0.2) is 54.6 Å². The molecule has 1 heterocycles. The van der Waals surface area contributed by atoms with Gasteiger partial charge in [0, 0.05) is 38.2 Å². The Balaban J connectivity index is 1.72. The van der Waals surface area contributed by atoms with Crippen molar-refractivity contribution >= 4 is 17.3 Å². The lowest BCUT2D eigenvalue weighted by Crippen LogP contribution is -2.32. The van der Waals surface area contributed by atoms with E-state index in [1.807, 2.05) is 32.2 Å². The Labute approximate surface area is 220 Å². The van der Waals surface area contributed by atoms with Crippen LogP contribution in [0.2, 0.25) is 0 Å². The molecule has 196 valence electrons. The van der Waals surface area contributed by atoms with Crippen LogP contribution in [0.25, 0.3) is 0 Å². The molecule has 0 aliphatic carbocycles. The number of aliphatic carboxylic acids is 1. The van der Waals surface area contributed by atoms with Crippen LogP contribution in [-0.4, -0.2) is 35.7 Å². The van der Waals surface area contributed by atoms with E-state index >= 15 is 0 Å². The SMILES string of the molecule is CC[C@@H]1CN(Cc2cc(C(c3ccc(NC)c(N)c3C)C(C)C(=O)O)ccc2C)Cc2ccccc2O1. The summed E-state index contributed by atoms with van der Waals surface area (Å²) in [5.74, 6) is -0.788. The van der Waals surface area contributed by atoms with Crippen LogP contribution in [0.4, 0.5) is 11.4 Å². The fourth-order valence-electron chi connectivity index (χ4n) is 5.37. The van der Waals surface area contributed by atoms with Gasteiger partial charge in [-0.2, -0.15) is 0 Å². The molecule has 0 fully saturated rings. The number of carbonyl (C=O) groups is 1.